The van der Waals surface area contributed by atoms with Crippen LogP contribution in [0.1, 0.15) is 64.7 Å². The molecule has 22 heavy (non-hydrogen) atoms. The molecule has 2 aliphatic rings. The molecule has 0 aromatic carbocycles. The van der Waals surface area contributed by atoms with Crippen molar-refractivity contribution >= 4 is 28.6 Å². The molecule has 1 N–H and O–H groups in total. The van der Waals surface area contributed by atoms with E-state index in [2.05, 4.69) is 41.7 Å². The molecule has 1 saturated carbocycles. The van der Waals surface area contributed by atoms with Crippen LogP contribution in [0.15, 0.2) is 12.2 Å². The van der Waals surface area contributed by atoms with Gasteiger partial charge in [-0.2, -0.15) is 0 Å². The summed E-state index contributed by atoms with van der Waals surface area (Å²) in [5.74, 6) is 0.325. The maximum atomic E-state index is 12.1. The average Bonchev–Trinajstić information content (AvgIpc) is 2.78. The van der Waals surface area contributed by atoms with E-state index in [1.807, 2.05) is 0 Å². The van der Waals surface area contributed by atoms with E-state index in [1.165, 1.54) is 19.3 Å². The van der Waals surface area contributed by atoms with Gasteiger partial charge in [-0.25, -0.2) is 0 Å². The number of ether oxygens (including phenoxy) is 1. The molecule has 0 aromatic heterocycles. The van der Waals surface area contributed by atoms with Crippen LogP contribution >= 0.6 is 22.6 Å². The van der Waals surface area contributed by atoms with Gasteiger partial charge in [-0.3, -0.25) is 4.79 Å². The molecule has 5 atom stereocenters. The van der Waals surface area contributed by atoms with Crippen molar-refractivity contribution in [3.8, 4) is 0 Å². The van der Waals surface area contributed by atoms with Crippen LogP contribution in [0.5, 0.6) is 0 Å². The number of allylic oxidation sites excluding steroid dienone is 1. The second kappa shape index (κ2) is 9.26. The molecule has 4 heteroatoms. The monoisotopic (exact) mass is 420 g/mol. The minimum atomic E-state index is -0.317. The molecule has 1 aliphatic carbocycles. The van der Waals surface area contributed by atoms with Crippen molar-refractivity contribution in [2.75, 3.05) is 0 Å². The van der Waals surface area contributed by atoms with E-state index in [9.17, 15) is 9.90 Å². The van der Waals surface area contributed by atoms with Crippen LogP contribution in [0.25, 0.3) is 0 Å². The summed E-state index contributed by atoms with van der Waals surface area (Å²) < 4.78 is 6.02. The molecule has 1 heterocycles. The largest absolute Gasteiger partial charge is 0.462 e. The predicted octanol–water partition coefficient (Wildman–Crippen LogP) is 4.41. The first kappa shape index (κ1) is 18.2. The number of rotatable bonds is 1. The number of hydrogen-bond acceptors (Lipinski definition) is 3. The molecule has 1 fully saturated rings. The van der Waals surface area contributed by atoms with Crippen molar-refractivity contribution in [3.05, 3.63) is 12.2 Å². The molecular formula is C18H29IO3. The van der Waals surface area contributed by atoms with Crippen LogP contribution in [-0.2, 0) is 9.53 Å². The Morgan fingerprint density at radius 3 is 2.77 bits per heavy atom. The highest BCUT2D eigenvalue weighted by Crippen LogP contribution is 2.41. The third-order valence-electron chi connectivity index (χ3n) is 5.03. The average molecular weight is 420 g/mol. The Morgan fingerprint density at radius 1 is 1.27 bits per heavy atom. The maximum Gasteiger partial charge on any atom is 0.306 e. The summed E-state index contributed by atoms with van der Waals surface area (Å²) in [6.07, 6.45) is 13.1. The first-order valence-electron chi connectivity index (χ1n) is 8.81. The van der Waals surface area contributed by atoms with Gasteiger partial charge < -0.3 is 9.84 Å². The fraction of sp³-hybridized carbons (Fsp3) is 0.833. The fourth-order valence-electron chi connectivity index (χ4n) is 3.72. The second-order valence-electron chi connectivity index (χ2n) is 6.65. The van der Waals surface area contributed by atoms with Crippen LogP contribution < -0.4 is 0 Å². The van der Waals surface area contributed by atoms with Gasteiger partial charge in [0.15, 0.2) is 0 Å². The van der Waals surface area contributed by atoms with Gasteiger partial charge in [-0.05, 0) is 32.1 Å². The quantitative estimate of drug-likeness (QED) is 0.296. The zero-order valence-corrected chi connectivity index (χ0v) is 15.7. The summed E-state index contributed by atoms with van der Waals surface area (Å²) in [6, 6.07) is 0. The molecule has 0 saturated heterocycles. The van der Waals surface area contributed by atoms with Crippen LogP contribution in [0.2, 0.25) is 0 Å². The smallest absolute Gasteiger partial charge is 0.306 e. The van der Waals surface area contributed by atoms with Crippen LogP contribution in [0, 0.1) is 11.8 Å². The van der Waals surface area contributed by atoms with Gasteiger partial charge in [0, 0.05) is 22.2 Å². The lowest BCUT2D eigenvalue weighted by Gasteiger charge is -2.27. The highest BCUT2D eigenvalue weighted by atomic mass is 127. The lowest BCUT2D eigenvalue weighted by molar-refractivity contribution is -0.153. The molecular weight excluding hydrogens is 391 g/mol. The lowest BCUT2D eigenvalue weighted by atomic mass is 9.87. The molecule has 0 unspecified atom stereocenters. The Labute approximate surface area is 148 Å². The number of alkyl halides is 1. The Kier molecular flexibility index (Phi) is 7.68. The van der Waals surface area contributed by atoms with Crippen molar-refractivity contribution in [1.29, 1.82) is 0 Å². The summed E-state index contributed by atoms with van der Waals surface area (Å²) in [4.78, 5) is 12.1. The fourth-order valence-corrected chi connectivity index (χ4v) is 4.79. The van der Waals surface area contributed by atoms with Gasteiger partial charge in [0.2, 0.25) is 0 Å². The summed E-state index contributed by atoms with van der Waals surface area (Å²) >= 11 is 2.34. The number of fused-ring (bicyclic) bond motifs is 1. The van der Waals surface area contributed by atoms with Gasteiger partial charge in [0.25, 0.3) is 0 Å². The summed E-state index contributed by atoms with van der Waals surface area (Å²) in [6.45, 7) is 2.08. The van der Waals surface area contributed by atoms with Crippen LogP contribution in [0.3, 0.4) is 0 Å². The molecule has 0 radical (unpaired) electrons. The van der Waals surface area contributed by atoms with E-state index in [1.54, 1.807) is 0 Å². The molecule has 2 rings (SSSR count). The van der Waals surface area contributed by atoms with Gasteiger partial charge in [0.05, 0.1) is 6.10 Å². The highest BCUT2D eigenvalue weighted by molar-refractivity contribution is 14.1. The highest BCUT2D eigenvalue weighted by Gasteiger charge is 2.44. The van der Waals surface area contributed by atoms with Crippen molar-refractivity contribution < 1.29 is 14.6 Å². The minimum Gasteiger partial charge on any atom is -0.462 e. The third kappa shape index (κ3) is 4.95. The van der Waals surface area contributed by atoms with E-state index in [4.69, 9.17) is 4.74 Å². The van der Waals surface area contributed by atoms with E-state index < -0.39 is 0 Å². The number of carbonyl (C=O) groups excluding carboxylic acids is 1. The molecule has 0 spiro atoms. The summed E-state index contributed by atoms with van der Waals surface area (Å²) in [5.41, 5.74) is 0. The Bertz CT molecular complexity index is 383. The maximum absolute atomic E-state index is 12.1. The van der Waals surface area contributed by atoms with Gasteiger partial charge in [-0.15, -0.1) is 0 Å². The standard InChI is InChI=1S/C18H29IO3/c1-2-16-14-12-15(19)18(21)13(14)10-8-6-4-3-5-7-9-11-17(20)22-16/h8,10,13-16,18,21H,2-7,9,11-12H2,1H3/b10-8-/t13-,14-,15-,16+,18-/m1/s1. The van der Waals surface area contributed by atoms with E-state index >= 15 is 0 Å². The first-order chi connectivity index (χ1) is 10.6. The molecule has 0 aromatic rings. The Hall–Kier alpha value is -0.100. The van der Waals surface area contributed by atoms with Crippen molar-refractivity contribution in [2.24, 2.45) is 11.8 Å². The zero-order chi connectivity index (χ0) is 15.9. The lowest BCUT2D eigenvalue weighted by Crippen LogP contribution is -2.31. The number of hydrogen-bond donors (Lipinski definition) is 1. The molecule has 0 bridgehead atoms. The van der Waals surface area contributed by atoms with Crippen molar-refractivity contribution in [2.45, 2.75) is 80.8 Å². The number of aliphatic hydroxyl groups excluding tert-OH is 1. The topological polar surface area (TPSA) is 46.5 Å². The van der Waals surface area contributed by atoms with Gasteiger partial charge in [-0.1, -0.05) is 60.9 Å². The number of aliphatic hydroxyl groups is 1. The normalized spacial score (nSPS) is 39.6. The van der Waals surface area contributed by atoms with Crippen molar-refractivity contribution in [1.82, 2.24) is 0 Å². The summed E-state index contributed by atoms with van der Waals surface area (Å²) in [7, 11) is 0. The number of halogens is 1. The van der Waals surface area contributed by atoms with Crippen LogP contribution in [0.4, 0.5) is 0 Å². The number of carbonyl (C=O) groups is 1. The zero-order valence-electron chi connectivity index (χ0n) is 13.5. The van der Waals surface area contributed by atoms with Crippen molar-refractivity contribution in [3.63, 3.8) is 0 Å². The SMILES string of the molecule is CC[C@@H]1OC(=O)CCCCCCC/C=C\[C@H]2[C@@H](O)[C@H](I)C[C@H]21. The van der Waals surface area contributed by atoms with Crippen LogP contribution in [-0.4, -0.2) is 27.2 Å². The van der Waals surface area contributed by atoms with Gasteiger partial charge in [0.1, 0.15) is 6.10 Å². The minimum absolute atomic E-state index is 0.0560. The molecule has 1 aliphatic heterocycles. The van der Waals surface area contributed by atoms with E-state index in [-0.39, 0.29) is 33.9 Å². The van der Waals surface area contributed by atoms with Gasteiger partial charge >= 0.3 is 5.97 Å². The third-order valence-corrected chi connectivity index (χ3v) is 6.27. The van der Waals surface area contributed by atoms with E-state index in [0.29, 0.717) is 6.42 Å². The predicted molar refractivity (Wildman–Crippen MR) is 97.0 cm³/mol. The molecule has 126 valence electrons. The number of esters is 1. The second-order valence-corrected chi connectivity index (χ2v) is 8.25. The summed E-state index contributed by atoms with van der Waals surface area (Å²) in [5, 5.41) is 10.5. The van der Waals surface area contributed by atoms with E-state index in [0.717, 1.165) is 32.1 Å². The first-order valence-corrected chi connectivity index (χ1v) is 10.1. The Balaban J connectivity index is 2.12. The molecule has 0 amide bonds. The Morgan fingerprint density at radius 2 is 2.00 bits per heavy atom. The molecule has 3 nitrogen and oxygen atoms in total. The number of cyclic esters (lactones) is 1.